The van der Waals surface area contributed by atoms with Crippen molar-refractivity contribution in [3.8, 4) is 11.3 Å². The van der Waals surface area contributed by atoms with Crippen molar-refractivity contribution < 1.29 is 0 Å². The van der Waals surface area contributed by atoms with Gasteiger partial charge < -0.3 is 5.32 Å². The summed E-state index contributed by atoms with van der Waals surface area (Å²) >= 11 is 0. The van der Waals surface area contributed by atoms with Gasteiger partial charge in [0.05, 0.1) is 11.9 Å². The minimum atomic E-state index is 0.789. The summed E-state index contributed by atoms with van der Waals surface area (Å²) in [7, 11) is 0. The summed E-state index contributed by atoms with van der Waals surface area (Å²) in [5, 5.41) is 10.9. The number of unbranched alkanes of at least 4 members (excludes halogenated alkanes) is 1. The Bertz CT molecular complexity index is 504. The highest BCUT2D eigenvalue weighted by atomic mass is 15.1. The lowest BCUT2D eigenvalue weighted by atomic mass is 9.99. The fraction of sp³-hybridized carbons (Fsp3) is 0.500. The van der Waals surface area contributed by atoms with Crippen LogP contribution in [0.4, 0.5) is 0 Å². The quantitative estimate of drug-likeness (QED) is 0.717. The standard InChI is InChI=1S/C18H27N3/c1-3-5-9-15(4-2)12-19-13-17-14-20-21-18(17)16-10-7-6-8-11-16/h6-8,10-11,14-15,19H,3-5,9,12-13H2,1-2H3,(H,20,21). The number of nitrogens with one attached hydrogen (secondary N) is 2. The van der Waals surface area contributed by atoms with Gasteiger partial charge in [0.2, 0.25) is 0 Å². The molecule has 0 bridgehead atoms. The van der Waals surface area contributed by atoms with Crippen LogP contribution in [-0.4, -0.2) is 16.7 Å². The number of H-pyrrole nitrogens is 1. The number of hydrogen-bond acceptors (Lipinski definition) is 2. The van der Waals surface area contributed by atoms with Crippen molar-refractivity contribution in [3.63, 3.8) is 0 Å². The number of rotatable bonds is 9. The van der Waals surface area contributed by atoms with Crippen LogP contribution in [0.3, 0.4) is 0 Å². The first kappa shape index (κ1) is 15.8. The molecule has 2 N–H and O–H groups in total. The van der Waals surface area contributed by atoms with Crippen molar-refractivity contribution >= 4 is 0 Å². The summed E-state index contributed by atoms with van der Waals surface area (Å²) in [5.41, 5.74) is 3.57. The second kappa shape index (κ2) is 8.63. The number of benzene rings is 1. The first-order valence-corrected chi connectivity index (χ1v) is 8.13. The van der Waals surface area contributed by atoms with E-state index in [1.807, 2.05) is 12.3 Å². The lowest BCUT2D eigenvalue weighted by molar-refractivity contribution is 0.419. The van der Waals surface area contributed by atoms with E-state index in [0.717, 1.165) is 24.7 Å². The molecule has 3 heteroatoms. The first-order chi connectivity index (χ1) is 10.3. The van der Waals surface area contributed by atoms with E-state index in [1.54, 1.807) is 0 Å². The van der Waals surface area contributed by atoms with Gasteiger partial charge in [0, 0.05) is 12.1 Å². The van der Waals surface area contributed by atoms with Crippen molar-refractivity contribution in [2.24, 2.45) is 5.92 Å². The Morgan fingerprint density at radius 2 is 2.00 bits per heavy atom. The number of nitrogens with zero attached hydrogens (tertiary/aromatic N) is 1. The fourth-order valence-corrected chi connectivity index (χ4v) is 2.65. The molecule has 2 rings (SSSR count). The third kappa shape index (κ3) is 4.71. The molecule has 0 aliphatic heterocycles. The van der Waals surface area contributed by atoms with Crippen LogP contribution >= 0.6 is 0 Å². The number of aromatic amines is 1. The van der Waals surface area contributed by atoms with Crippen molar-refractivity contribution in [2.75, 3.05) is 6.54 Å². The third-order valence-corrected chi connectivity index (χ3v) is 4.07. The van der Waals surface area contributed by atoms with Gasteiger partial charge in [0.25, 0.3) is 0 Å². The molecular weight excluding hydrogens is 258 g/mol. The molecule has 3 nitrogen and oxygen atoms in total. The van der Waals surface area contributed by atoms with Crippen LogP contribution < -0.4 is 5.32 Å². The average Bonchev–Trinajstić information content (AvgIpc) is 3.00. The highest BCUT2D eigenvalue weighted by molar-refractivity contribution is 5.62. The Hall–Kier alpha value is -1.61. The van der Waals surface area contributed by atoms with Gasteiger partial charge in [0.15, 0.2) is 0 Å². The number of aromatic nitrogens is 2. The highest BCUT2D eigenvalue weighted by Crippen LogP contribution is 2.20. The zero-order valence-electron chi connectivity index (χ0n) is 13.2. The molecule has 1 unspecified atom stereocenters. The van der Waals surface area contributed by atoms with E-state index in [1.165, 1.54) is 36.8 Å². The van der Waals surface area contributed by atoms with E-state index >= 15 is 0 Å². The molecule has 0 amide bonds. The van der Waals surface area contributed by atoms with E-state index in [0.29, 0.717) is 0 Å². The Labute approximate surface area is 128 Å². The van der Waals surface area contributed by atoms with Gasteiger partial charge in [-0.2, -0.15) is 5.10 Å². The molecule has 0 saturated heterocycles. The Morgan fingerprint density at radius 3 is 2.71 bits per heavy atom. The van der Waals surface area contributed by atoms with Crippen molar-refractivity contribution in [1.82, 2.24) is 15.5 Å². The van der Waals surface area contributed by atoms with E-state index in [9.17, 15) is 0 Å². The molecule has 0 spiro atoms. The number of hydrogen-bond donors (Lipinski definition) is 2. The summed E-state index contributed by atoms with van der Waals surface area (Å²) in [6.07, 6.45) is 7.14. The van der Waals surface area contributed by atoms with Gasteiger partial charge in [-0.1, -0.05) is 63.4 Å². The second-order valence-corrected chi connectivity index (χ2v) is 5.68. The lowest BCUT2D eigenvalue weighted by Gasteiger charge is -2.15. The molecule has 0 saturated carbocycles. The van der Waals surface area contributed by atoms with Crippen LogP contribution in [0.1, 0.15) is 45.1 Å². The molecule has 21 heavy (non-hydrogen) atoms. The monoisotopic (exact) mass is 285 g/mol. The maximum atomic E-state index is 4.20. The molecule has 0 radical (unpaired) electrons. The van der Waals surface area contributed by atoms with Crippen LogP contribution in [-0.2, 0) is 6.54 Å². The summed E-state index contributed by atoms with van der Waals surface area (Å²) in [5.74, 6) is 0.789. The molecule has 1 aromatic heterocycles. The van der Waals surface area contributed by atoms with Gasteiger partial charge in [-0.05, 0) is 24.4 Å². The lowest BCUT2D eigenvalue weighted by Crippen LogP contribution is -2.22. The Kier molecular flexibility index (Phi) is 6.48. The van der Waals surface area contributed by atoms with Crippen LogP contribution in [0.2, 0.25) is 0 Å². The van der Waals surface area contributed by atoms with Crippen LogP contribution in [0, 0.1) is 5.92 Å². The first-order valence-electron chi connectivity index (χ1n) is 8.13. The van der Waals surface area contributed by atoms with Crippen molar-refractivity contribution in [3.05, 3.63) is 42.1 Å². The molecule has 1 heterocycles. The zero-order chi connectivity index (χ0) is 14.9. The molecule has 0 aliphatic rings. The van der Waals surface area contributed by atoms with E-state index in [4.69, 9.17) is 0 Å². The molecule has 0 fully saturated rings. The largest absolute Gasteiger partial charge is 0.312 e. The van der Waals surface area contributed by atoms with Crippen molar-refractivity contribution in [2.45, 2.75) is 46.1 Å². The normalized spacial score (nSPS) is 12.5. The Morgan fingerprint density at radius 1 is 1.19 bits per heavy atom. The van der Waals surface area contributed by atoms with Gasteiger partial charge in [-0.15, -0.1) is 0 Å². The van der Waals surface area contributed by atoms with Crippen LogP contribution in [0.15, 0.2) is 36.5 Å². The summed E-state index contributed by atoms with van der Waals surface area (Å²) in [6, 6.07) is 10.4. The van der Waals surface area contributed by atoms with Crippen LogP contribution in [0.5, 0.6) is 0 Å². The van der Waals surface area contributed by atoms with Crippen molar-refractivity contribution in [1.29, 1.82) is 0 Å². The highest BCUT2D eigenvalue weighted by Gasteiger charge is 2.09. The minimum absolute atomic E-state index is 0.789. The fourth-order valence-electron chi connectivity index (χ4n) is 2.65. The molecule has 1 atom stereocenters. The zero-order valence-corrected chi connectivity index (χ0v) is 13.2. The minimum Gasteiger partial charge on any atom is -0.312 e. The van der Waals surface area contributed by atoms with E-state index in [2.05, 4.69) is 53.6 Å². The molecular formula is C18H27N3. The maximum absolute atomic E-state index is 4.20. The molecule has 114 valence electrons. The molecule has 2 aromatic rings. The van der Waals surface area contributed by atoms with Gasteiger partial charge in [-0.25, -0.2) is 0 Å². The summed E-state index contributed by atoms with van der Waals surface area (Å²) in [6.45, 7) is 6.52. The maximum Gasteiger partial charge on any atom is 0.0695 e. The molecule has 1 aromatic carbocycles. The molecule has 0 aliphatic carbocycles. The second-order valence-electron chi connectivity index (χ2n) is 5.68. The van der Waals surface area contributed by atoms with Gasteiger partial charge in [-0.3, -0.25) is 5.10 Å². The van der Waals surface area contributed by atoms with E-state index in [-0.39, 0.29) is 0 Å². The average molecular weight is 285 g/mol. The van der Waals surface area contributed by atoms with Crippen LogP contribution in [0.25, 0.3) is 11.3 Å². The van der Waals surface area contributed by atoms with E-state index < -0.39 is 0 Å². The Balaban J connectivity index is 1.88. The smallest absolute Gasteiger partial charge is 0.0695 e. The topological polar surface area (TPSA) is 40.7 Å². The van der Waals surface area contributed by atoms with Gasteiger partial charge in [0.1, 0.15) is 0 Å². The predicted octanol–water partition coefficient (Wildman–Crippen LogP) is 4.38. The summed E-state index contributed by atoms with van der Waals surface area (Å²) < 4.78 is 0. The third-order valence-electron chi connectivity index (χ3n) is 4.07. The summed E-state index contributed by atoms with van der Waals surface area (Å²) in [4.78, 5) is 0. The van der Waals surface area contributed by atoms with Gasteiger partial charge >= 0.3 is 0 Å². The predicted molar refractivity (Wildman–Crippen MR) is 89.0 cm³/mol. The SMILES string of the molecule is CCCCC(CC)CNCc1cn[nH]c1-c1ccccc1.